The van der Waals surface area contributed by atoms with Gasteiger partial charge < -0.3 is 18.9 Å². The number of nitrogens with zero attached hydrogens (tertiary/aromatic N) is 1. The molecule has 0 aliphatic heterocycles. The van der Waals surface area contributed by atoms with Crippen LogP contribution in [0.15, 0.2) is 52.5 Å². The lowest BCUT2D eigenvalue weighted by atomic mass is 10.1. The average molecular weight is 390 g/mol. The Bertz CT molecular complexity index is 1310. The van der Waals surface area contributed by atoms with Crippen LogP contribution < -0.4 is 9.47 Å². The number of hydrogen-bond donors (Lipinski definition) is 1. The van der Waals surface area contributed by atoms with Gasteiger partial charge in [0.1, 0.15) is 28.4 Å². The Morgan fingerprint density at radius 3 is 2.61 bits per heavy atom. The van der Waals surface area contributed by atoms with Crippen molar-refractivity contribution in [3.8, 4) is 33.3 Å². The van der Waals surface area contributed by atoms with Crippen molar-refractivity contribution < 1.29 is 13.9 Å². The van der Waals surface area contributed by atoms with E-state index in [2.05, 4.69) is 17.3 Å². The topological polar surface area (TPSA) is 60.3 Å². The number of ether oxygens (including phenoxy) is 2. The fourth-order valence-electron chi connectivity index (χ4n) is 3.58. The van der Waals surface area contributed by atoms with Crippen LogP contribution in [0, 0.1) is 6.92 Å². The summed E-state index contributed by atoms with van der Waals surface area (Å²) in [6, 6.07) is 11.9. The number of fused-ring (bicyclic) bond motifs is 2. The van der Waals surface area contributed by atoms with E-state index in [0.29, 0.717) is 0 Å². The maximum Gasteiger partial charge on any atom is 0.138 e. The molecule has 2 aromatic carbocycles. The molecule has 0 saturated carbocycles. The van der Waals surface area contributed by atoms with Gasteiger partial charge in [-0.05, 0) is 37.3 Å². The number of aromatic nitrogens is 2. The van der Waals surface area contributed by atoms with Crippen molar-refractivity contribution in [1.29, 1.82) is 0 Å². The van der Waals surface area contributed by atoms with Crippen molar-refractivity contribution in [3.05, 3.63) is 53.7 Å². The molecule has 3 heterocycles. The smallest absolute Gasteiger partial charge is 0.138 e. The number of thiazole rings is 1. The molecule has 3 aromatic heterocycles. The van der Waals surface area contributed by atoms with Gasteiger partial charge in [0.05, 0.1) is 25.5 Å². The summed E-state index contributed by atoms with van der Waals surface area (Å²) >= 11 is 1.61. The lowest BCUT2D eigenvalue weighted by Crippen LogP contribution is -1.83. The van der Waals surface area contributed by atoms with Gasteiger partial charge in [-0.2, -0.15) is 0 Å². The minimum atomic E-state index is 0.775. The summed E-state index contributed by atoms with van der Waals surface area (Å²) in [6.45, 7) is 2.07. The molecule has 5 nitrogen and oxygen atoms in total. The van der Waals surface area contributed by atoms with Crippen molar-refractivity contribution in [2.24, 2.45) is 0 Å². The molecular weight excluding hydrogens is 372 g/mol. The van der Waals surface area contributed by atoms with E-state index in [1.807, 2.05) is 36.4 Å². The molecule has 5 aromatic rings. The number of methoxy groups -OCH3 is 2. The van der Waals surface area contributed by atoms with Gasteiger partial charge in [-0.15, -0.1) is 11.3 Å². The second-order valence-corrected chi connectivity index (χ2v) is 7.44. The quantitative estimate of drug-likeness (QED) is 0.407. The molecule has 0 radical (unpaired) electrons. The number of aryl methyl sites for hydroxylation is 1. The van der Waals surface area contributed by atoms with Crippen LogP contribution in [0.25, 0.3) is 43.7 Å². The zero-order chi connectivity index (χ0) is 19.3. The van der Waals surface area contributed by atoms with Crippen LogP contribution in [-0.4, -0.2) is 24.2 Å². The highest BCUT2D eigenvalue weighted by atomic mass is 32.1. The van der Waals surface area contributed by atoms with Gasteiger partial charge >= 0.3 is 0 Å². The summed E-state index contributed by atoms with van der Waals surface area (Å²) in [4.78, 5) is 8.36. The lowest BCUT2D eigenvalue weighted by molar-refractivity contribution is 0.414. The molecule has 0 aliphatic rings. The van der Waals surface area contributed by atoms with Gasteiger partial charge in [0.2, 0.25) is 0 Å². The van der Waals surface area contributed by atoms with Crippen molar-refractivity contribution in [2.75, 3.05) is 14.2 Å². The molecule has 0 aliphatic carbocycles. The Hall–Kier alpha value is -3.25. The minimum Gasteiger partial charge on any atom is -0.497 e. The van der Waals surface area contributed by atoms with Crippen molar-refractivity contribution in [1.82, 2.24) is 9.97 Å². The van der Waals surface area contributed by atoms with E-state index in [1.54, 1.807) is 31.8 Å². The standard InChI is InChI=1S/C22H18N2O3S/c1-12-21(16-8-13(25-2)5-7-18(16)23-12)19-11-28-22(24-19)17-10-27-20-9-14(26-3)4-6-15(17)20/h4-11,23H,1-3H3. The van der Waals surface area contributed by atoms with Crippen LogP contribution in [-0.2, 0) is 0 Å². The lowest BCUT2D eigenvalue weighted by Gasteiger charge is -2.01. The predicted molar refractivity (Wildman–Crippen MR) is 112 cm³/mol. The second kappa shape index (κ2) is 6.42. The monoisotopic (exact) mass is 390 g/mol. The molecule has 0 spiro atoms. The number of aromatic amines is 1. The first-order valence-electron chi connectivity index (χ1n) is 8.86. The molecule has 0 bridgehead atoms. The molecule has 0 fully saturated rings. The molecule has 0 unspecified atom stereocenters. The highest BCUT2D eigenvalue weighted by Gasteiger charge is 2.17. The Kier molecular flexibility index (Phi) is 3.87. The van der Waals surface area contributed by atoms with Crippen LogP contribution in [0.5, 0.6) is 11.5 Å². The number of rotatable bonds is 4. The van der Waals surface area contributed by atoms with Gasteiger partial charge in [-0.25, -0.2) is 4.98 Å². The van der Waals surface area contributed by atoms with Gasteiger partial charge in [0.25, 0.3) is 0 Å². The first kappa shape index (κ1) is 16.9. The third kappa shape index (κ3) is 2.57. The largest absolute Gasteiger partial charge is 0.497 e. The number of nitrogens with one attached hydrogen (secondary N) is 1. The van der Waals surface area contributed by atoms with Crippen LogP contribution >= 0.6 is 11.3 Å². The summed E-state index contributed by atoms with van der Waals surface area (Å²) in [7, 11) is 3.33. The van der Waals surface area contributed by atoms with E-state index in [9.17, 15) is 0 Å². The van der Waals surface area contributed by atoms with Crippen molar-refractivity contribution >= 4 is 33.2 Å². The van der Waals surface area contributed by atoms with Crippen LogP contribution in [0.4, 0.5) is 0 Å². The summed E-state index contributed by atoms with van der Waals surface area (Å²) in [6.07, 6.45) is 1.76. The summed E-state index contributed by atoms with van der Waals surface area (Å²) in [5.41, 5.74) is 5.99. The van der Waals surface area contributed by atoms with Crippen LogP contribution in [0.1, 0.15) is 5.69 Å². The number of furan rings is 1. The average Bonchev–Trinajstić information content (AvgIpc) is 3.42. The summed E-state index contributed by atoms with van der Waals surface area (Å²) < 4.78 is 16.4. The number of hydrogen-bond acceptors (Lipinski definition) is 5. The highest BCUT2D eigenvalue weighted by molar-refractivity contribution is 7.13. The normalized spacial score (nSPS) is 11.4. The fourth-order valence-corrected chi connectivity index (χ4v) is 4.41. The molecule has 140 valence electrons. The third-order valence-corrected chi connectivity index (χ3v) is 5.84. The first-order chi connectivity index (χ1) is 13.7. The Morgan fingerprint density at radius 2 is 1.79 bits per heavy atom. The molecule has 0 saturated heterocycles. The Balaban J connectivity index is 1.63. The zero-order valence-electron chi connectivity index (χ0n) is 15.7. The van der Waals surface area contributed by atoms with E-state index in [4.69, 9.17) is 18.9 Å². The summed E-state index contributed by atoms with van der Waals surface area (Å²) in [5.74, 6) is 1.61. The molecule has 5 rings (SSSR count). The van der Waals surface area contributed by atoms with Gasteiger partial charge in [-0.1, -0.05) is 0 Å². The van der Waals surface area contributed by atoms with E-state index in [1.165, 1.54) is 0 Å². The fraction of sp³-hybridized carbons (Fsp3) is 0.136. The molecular formula is C22H18N2O3S. The highest BCUT2D eigenvalue weighted by Crippen LogP contribution is 2.39. The van der Waals surface area contributed by atoms with E-state index in [-0.39, 0.29) is 0 Å². The molecule has 0 atom stereocenters. The van der Waals surface area contributed by atoms with Crippen LogP contribution in [0.3, 0.4) is 0 Å². The maximum absolute atomic E-state index is 5.73. The van der Waals surface area contributed by atoms with E-state index >= 15 is 0 Å². The Labute approximate surface area is 165 Å². The summed E-state index contributed by atoms with van der Waals surface area (Å²) in [5, 5.41) is 5.15. The first-order valence-corrected chi connectivity index (χ1v) is 9.73. The van der Waals surface area contributed by atoms with Gasteiger partial charge in [0, 0.05) is 39.0 Å². The minimum absolute atomic E-state index is 0.775. The third-order valence-electron chi connectivity index (χ3n) is 4.97. The number of benzene rings is 2. The van der Waals surface area contributed by atoms with Gasteiger partial charge in [0.15, 0.2) is 0 Å². The van der Waals surface area contributed by atoms with Crippen LogP contribution in [0.2, 0.25) is 0 Å². The molecule has 6 heteroatoms. The maximum atomic E-state index is 5.73. The van der Waals surface area contributed by atoms with Crippen molar-refractivity contribution in [2.45, 2.75) is 6.92 Å². The molecule has 1 N–H and O–H groups in total. The van der Waals surface area contributed by atoms with E-state index < -0.39 is 0 Å². The Morgan fingerprint density at radius 1 is 1.00 bits per heavy atom. The second-order valence-electron chi connectivity index (χ2n) is 6.59. The zero-order valence-corrected chi connectivity index (χ0v) is 16.5. The van der Waals surface area contributed by atoms with E-state index in [0.717, 1.165) is 60.9 Å². The van der Waals surface area contributed by atoms with Gasteiger partial charge in [-0.3, -0.25) is 0 Å². The number of H-pyrrole nitrogens is 1. The van der Waals surface area contributed by atoms with Crippen molar-refractivity contribution in [3.63, 3.8) is 0 Å². The SMILES string of the molecule is COc1ccc2c(-c3nc(-c4c(C)[nH]c5ccc(OC)cc45)cs3)coc2c1. The molecule has 0 amide bonds. The predicted octanol–water partition coefficient (Wildman–Crippen LogP) is 6.03. The molecule has 28 heavy (non-hydrogen) atoms.